The second-order valence-electron chi connectivity index (χ2n) is 7.19. The molecule has 1 heterocycles. The molecule has 3 atom stereocenters. The minimum Gasteiger partial charge on any atom is -0.457 e. The predicted octanol–water partition coefficient (Wildman–Crippen LogP) is 5.17. The Hall–Kier alpha value is -2.14. The van der Waals surface area contributed by atoms with Crippen molar-refractivity contribution in [2.75, 3.05) is 4.90 Å². The first-order valence-electron chi connectivity index (χ1n) is 8.94. The molecule has 1 aliphatic carbocycles. The monoisotopic (exact) mass is 413 g/mol. The molecule has 26 heavy (non-hydrogen) atoms. The number of nitrogens with zero attached hydrogens (tertiary/aromatic N) is 1. The zero-order valence-electron chi connectivity index (χ0n) is 14.5. The maximum atomic E-state index is 12.8. The van der Waals surface area contributed by atoms with Gasteiger partial charge in [0.05, 0.1) is 17.5 Å². The van der Waals surface area contributed by atoms with E-state index in [4.69, 9.17) is 4.74 Å². The number of anilines is 1. The maximum absolute atomic E-state index is 12.8. The van der Waals surface area contributed by atoms with Crippen molar-refractivity contribution in [2.45, 2.75) is 26.2 Å². The topological polar surface area (TPSA) is 46.6 Å². The van der Waals surface area contributed by atoms with Crippen LogP contribution in [0.1, 0.15) is 26.2 Å². The number of hydrogen-bond acceptors (Lipinski definition) is 3. The number of carbonyl (C=O) groups excluding carboxylic acids is 2. The van der Waals surface area contributed by atoms with Gasteiger partial charge in [0.2, 0.25) is 11.8 Å². The van der Waals surface area contributed by atoms with Crippen LogP contribution in [-0.2, 0) is 9.59 Å². The summed E-state index contributed by atoms with van der Waals surface area (Å²) in [6.45, 7) is 2.16. The van der Waals surface area contributed by atoms with Crippen LogP contribution in [0.5, 0.6) is 11.5 Å². The lowest BCUT2D eigenvalue weighted by atomic mass is 9.76. The van der Waals surface area contributed by atoms with Crippen molar-refractivity contribution in [1.29, 1.82) is 0 Å². The molecule has 2 fully saturated rings. The fraction of sp³-hybridized carbons (Fsp3) is 0.333. The van der Waals surface area contributed by atoms with Crippen LogP contribution < -0.4 is 9.64 Å². The first-order valence-corrected chi connectivity index (χ1v) is 9.73. The summed E-state index contributed by atoms with van der Waals surface area (Å²) in [5.41, 5.74) is 0.630. The number of carbonyl (C=O) groups is 2. The van der Waals surface area contributed by atoms with Gasteiger partial charge >= 0.3 is 0 Å². The van der Waals surface area contributed by atoms with E-state index in [1.54, 1.807) is 24.3 Å². The molecule has 4 rings (SSSR count). The molecule has 2 aromatic rings. The van der Waals surface area contributed by atoms with E-state index in [0.717, 1.165) is 29.5 Å². The van der Waals surface area contributed by atoms with E-state index in [9.17, 15) is 9.59 Å². The van der Waals surface area contributed by atoms with E-state index in [2.05, 4.69) is 22.9 Å². The zero-order valence-corrected chi connectivity index (χ0v) is 16.1. The van der Waals surface area contributed by atoms with Gasteiger partial charge in [-0.1, -0.05) is 22.9 Å². The normalized spacial score (nSPS) is 25.3. The van der Waals surface area contributed by atoms with E-state index in [1.165, 1.54) is 4.90 Å². The number of amides is 2. The zero-order chi connectivity index (χ0) is 18.3. The summed E-state index contributed by atoms with van der Waals surface area (Å²) >= 11 is 3.39. The molecule has 1 aliphatic heterocycles. The smallest absolute Gasteiger partial charge is 0.237 e. The largest absolute Gasteiger partial charge is 0.457 e. The molecule has 0 N–H and O–H groups in total. The molecule has 0 spiro atoms. The Morgan fingerprint density at radius 2 is 1.46 bits per heavy atom. The molecular formula is C21H20BrNO3. The van der Waals surface area contributed by atoms with Crippen molar-refractivity contribution >= 4 is 33.4 Å². The summed E-state index contributed by atoms with van der Waals surface area (Å²) in [4.78, 5) is 26.9. The molecule has 2 amide bonds. The quantitative estimate of drug-likeness (QED) is 0.652. The van der Waals surface area contributed by atoms with Gasteiger partial charge in [-0.25, -0.2) is 0 Å². The van der Waals surface area contributed by atoms with Gasteiger partial charge in [0.25, 0.3) is 0 Å². The number of hydrogen-bond donors (Lipinski definition) is 0. The molecule has 0 bridgehead atoms. The second kappa shape index (κ2) is 6.88. The Kier molecular flexibility index (Phi) is 4.57. The molecule has 0 aromatic heterocycles. The van der Waals surface area contributed by atoms with Crippen LogP contribution in [0.15, 0.2) is 53.0 Å². The lowest BCUT2D eigenvalue weighted by Gasteiger charge is -2.25. The van der Waals surface area contributed by atoms with Gasteiger partial charge in [-0.15, -0.1) is 0 Å². The van der Waals surface area contributed by atoms with E-state index in [0.29, 0.717) is 17.4 Å². The number of benzene rings is 2. The number of halogens is 1. The SMILES string of the molecule is C[C@H]1CC[C@H]2C(=O)N(c3ccc(Oc4ccc(Br)cc4)cc3)C(=O)[C@@H]2C1. The van der Waals surface area contributed by atoms with Gasteiger partial charge in [-0.2, -0.15) is 0 Å². The molecule has 134 valence electrons. The van der Waals surface area contributed by atoms with E-state index >= 15 is 0 Å². The molecule has 5 heteroatoms. The van der Waals surface area contributed by atoms with Gasteiger partial charge in [-0.3, -0.25) is 14.5 Å². The highest BCUT2D eigenvalue weighted by atomic mass is 79.9. The van der Waals surface area contributed by atoms with Crippen LogP contribution >= 0.6 is 15.9 Å². The average molecular weight is 414 g/mol. The molecule has 0 radical (unpaired) electrons. The van der Waals surface area contributed by atoms with Crippen molar-refractivity contribution in [1.82, 2.24) is 0 Å². The minimum atomic E-state index is -0.148. The van der Waals surface area contributed by atoms with E-state index in [1.807, 2.05) is 24.3 Å². The molecule has 2 aromatic carbocycles. The van der Waals surface area contributed by atoms with Crippen LogP contribution in [-0.4, -0.2) is 11.8 Å². The van der Waals surface area contributed by atoms with Crippen molar-refractivity contribution in [3.05, 3.63) is 53.0 Å². The summed E-state index contributed by atoms with van der Waals surface area (Å²) in [5.74, 6) is 1.52. The Labute approximate surface area is 161 Å². The molecule has 0 unspecified atom stereocenters. The summed E-state index contributed by atoms with van der Waals surface area (Å²) in [6, 6.07) is 14.7. The van der Waals surface area contributed by atoms with Gasteiger partial charge in [0, 0.05) is 4.47 Å². The average Bonchev–Trinajstić information content (AvgIpc) is 2.88. The maximum Gasteiger partial charge on any atom is 0.237 e. The predicted molar refractivity (Wildman–Crippen MR) is 103 cm³/mol. The third-order valence-corrected chi connectivity index (χ3v) is 5.86. The Morgan fingerprint density at radius 1 is 0.885 bits per heavy atom. The van der Waals surface area contributed by atoms with Crippen molar-refractivity contribution in [3.63, 3.8) is 0 Å². The Balaban J connectivity index is 1.52. The standard InChI is InChI=1S/C21H20BrNO3/c1-13-2-11-18-19(12-13)21(25)23(20(18)24)15-5-9-17(10-6-15)26-16-7-3-14(22)4-8-16/h3-10,13,18-19H,2,11-12H2,1H3/t13-,18+,19+/m0/s1. The van der Waals surface area contributed by atoms with Crippen molar-refractivity contribution in [3.8, 4) is 11.5 Å². The Morgan fingerprint density at radius 3 is 2.12 bits per heavy atom. The first kappa shape index (κ1) is 17.3. The van der Waals surface area contributed by atoms with Crippen molar-refractivity contribution in [2.24, 2.45) is 17.8 Å². The number of fused-ring (bicyclic) bond motifs is 1. The summed E-state index contributed by atoms with van der Waals surface area (Å²) < 4.78 is 6.79. The van der Waals surface area contributed by atoms with Crippen LogP contribution in [0.25, 0.3) is 0 Å². The van der Waals surface area contributed by atoms with Crippen LogP contribution in [0, 0.1) is 17.8 Å². The summed E-state index contributed by atoms with van der Waals surface area (Å²) in [6.07, 6.45) is 2.65. The number of imide groups is 1. The lowest BCUT2D eigenvalue weighted by molar-refractivity contribution is -0.122. The third kappa shape index (κ3) is 3.16. The van der Waals surface area contributed by atoms with Crippen molar-refractivity contribution < 1.29 is 14.3 Å². The van der Waals surface area contributed by atoms with Crippen LogP contribution in [0.2, 0.25) is 0 Å². The fourth-order valence-electron chi connectivity index (χ4n) is 3.95. The lowest BCUT2D eigenvalue weighted by Crippen LogP contribution is -2.30. The summed E-state index contributed by atoms with van der Waals surface area (Å²) in [5, 5.41) is 0. The van der Waals surface area contributed by atoms with Gasteiger partial charge < -0.3 is 4.74 Å². The molecule has 1 saturated heterocycles. The van der Waals surface area contributed by atoms with E-state index in [-0.39, 0.29) is 23.7 Å². The highest BCUT2D eigenvalue weighted by Gasteiger charge is 2.49. The molecule has 2 aliphatic rings. The van der Waals surface area contributed by atoms with E-state index < -0.39 is 0 Å². The molecule has 1 saturated carbocycles. The number of rotatable bonds is 3. The van der Waals surface area contributed by atoms with Gasteiger partial charge in [0.1, 0.15) is 11.5 Å². The number of ether oxygens (including phenoxy) is 1. The van der Waals surface area contributed by atoms with Crippen LogP contribution in [0.3, 0.4) is 0 Å². The molecular weight excluding hydrogens is 394 g/mol. The third-order valence-electron chi connectivity index (χ3n) is 5.33. The Bertz CT molecular complexity index is 831. The van der Waals surface area contributed by atoms with Crippen LogP contribution in [0.4, 0.5) is 5.69 Å². The first-order chi connectivity index (χ1) is 12.5. The minimum absolute atomic E-state index is 0.0477. The summed E-state index contributed by atoms with van der Waals surface area (Å²) in [7, 11) is 0. The van der Waals surface area contributed by atoms with Gasteiger partial charge in [-0.05, 0) is 73.7 Å². The highest BCUT2D eigenvalue weighted by Crippen LogP contribution is 2.42. The second-order valence-corrected chi connectivity index (χ2v) is 8.11. The molecule has 4 nitrogen and oxygen atoms in total. The highest BCUT2D eigenvalue weighted by molar-refractivity contribution is 9.10. The fourth-order valence-corrected chi connectivity index (χ4v) is 4.21. The van der Waals surface area contributed by atoms with Gasteiger partial charge in [0.15, 0.2) is 0 Å².